The van der Waals surface area contributed by atoms with Crippen LogP contribution in [0.4, 0.5) is 13.2 Å². The molecule has 3 rings (SSSR count). The summed E-state index contributed by atoms with van der Waals surface area (Å²) in [7, 11) is 0. The summed E-state index contributed by atoms with van der Waals surface area (Å²) in [5, 5.41) is 18.9. The van der Waals surface area contributed by atoms with Crippen molar-refractivity contribution >= 4 is 11.9 Å². The SMILES string of the molecule is Cc1ccc(-c2nc(COC3CCCC(CNCC(=O)O)C3)c(C)o2)cc1.O=C(O)C(F)(F)F. The molecule has 0 saturated heterocycles. The minimum absolute atomic E-state index is 0.0158. The van der Waals surface area contributed by atoms with Gasteiger partial charge in [0.2, 0.25) is 5.89 Å². The number of aliphatic carboxylic acids is 2. The highest BCUT2D eigenvalue weighted by molar-refractivity contribution is 5.73. The lowest BCUT2D eigenvalue weighted by molar-refractivity contribution is -0.192. The topological polar surface area (TPSA) is 122 Å². The monoisotopic (exact) mass is 486 g/mol. The van der Waals surface area contributed by atoms with Crippen LogP contribution in [0.5, 0.6) is 0 Å². The first-order valence-corrected chi connectivity index (χ1v) is 10.8. The molecule has 1 heterocycles. The van der Waals surface area contributed by atoms with Crippen molar-refractivity contribution in [2.24, 2.45) is 5.92 Å². The standard InChI is InChI=1S/C21H28N2O4.C2HF3O2/c1-14-6-8-17(9-7-14)21-23-19(15(2)27-21)13-26-18-5-3-4-16(10-18)11-22-12-20(24)25;3-2(4,5)1(6)7/h6-9,16,18,22H,3-5,10-13H2,1-2H3,(H,24,25);(H,6,7). The van der Waals surface area contributed by atoms with Gasteiger partial charge >= 0.3 is 18.1 Å². The Balaban J connectivity index is 0.000000509. The van der Waals surface area contributed by atoms with E-state index in [0.717, 1.165) is 49.2 Å². The number of nitrogens with one attached hydrogen (secondary N) is 1. The third-order valence-corrected chi connectivity index (χ3v) is 5.33. The Morgan fingerprint density at radius 2 is 1.82 bits per heavy atom. The van der Waals surface area contributed by atoms with Crippen molar-refractivity contribution in [2.75, 3.05) is 13.1 Å². The number of aromatic nitrogens is 1. The summed E-state index contributed by atoms with van der Waals surface area (Å²) in [6.45, 7) is 5.16. The molecule has 188 valence electrons. The smallest absolute Gasteiger partial charge is 0.480 e. The van der Waals surface area contributed by atoms with Gasteiger partial charge in [-0.05, 0) is 57.7 Å². The van der Waals surface area contributed by atoms with E-state index in [2.05, 4.69) is 17.2 Å². The van der Waals surface area contributed by atoms with Crippen LogP contribution in [0.25, 0.3) is 11.5 Å². The van der Waals surface area contributed by atoms with Crippen LogP contribution in [0, 0.1) is 19.8 Å². The van der Waals surface area contributed by atoms with Crippen molar-refractivity contribution in [3.63, 3.8) is 0 Å². The van der Waals surface area contributed by atoms with Crippen molar-refractivity contribution in [1.82, 2.24) is 10.3 Å². The van der Waals surface area contributed by atoms with E-state index in [1.807, 2.05) is 31.2 Å². The van der Waals surface area contributed by atoms with Gasteiger partial charge in [0.15, 0.2) is 0 Å². The van der Waals surface area contributed by atoms with Gasteiger partial charge < -0.3 is 24.7 Å². The summed E-state index contributed by atoms with van der Waals surface area (Å²) < 4.78 is 43.7. The molecular formula is C23H29F3N2O6. The van der Waals surface area contributed by atoms with Gasteiger partial charge in [0.25, 0.3) is 0 Å². The van der Waals surface area contributed by atoms with Crippen LogP contribution in [0.2, 0.25) is 0 Å². The summed E-state index contributed by atoms with van der Waals surface area (Å²) >= 11 is 0. The molecule has 1 aromatic heterocycles. The van der Waals surface area contributed by atoms with E-state index in [1.165, 1.54) is 5.56 Å². The van der Waals surface area contributed by atoms with Gasteiger partial charge in [-0.15, -0.1) is 0 Å². The molecule has 1 fully saturated rings. The van der Waals surface area contributed by atoms with Gasteiger partial charge in [-0.25, -0.2) is 9.78 Å². The Labute approximate surface area is 195 Å². The maximum absolute atomic E-state index is 10.6. The van der Waals surface area contributed by atoms with Gasteiger partial charge in [-0.3, -0.25) is 4.79 Å². The molecule has 1 saturated carbocycles. The first kappa shape index (κ1) is 27.3. The molecule has 2 atom stereocenters. The zero-order valence-corrected chi connectivity index (χ0v) is 19.0. The van der Waals surface area contributed by atoms with Crippen molar-refractivity contribution in [3.8, 4) is 11.5 Å². The second kappa shape index (κ2) is 12.5. The second-order valence-electron chi connectivity index (χ2n) is 8.18. The normalized spacial score (nSPS) is 18.1. The fourth-order valence-corrected chi connectivity index (χ4v) is 3.54. The molecule has 0 radical (unpaired) electrons. The number of ether oxygens (including phenoxy) is 1. The van der Waals surface area contributed by atoms with Gasteiger partial charge in [0.05, 0.1) is 19.3 Å². The average molecular weight is 486 g/mol. The zero-order chi connectivity index (χ0) is 25.3. The number of hydrogen-bond acceptors (Lipinski definition) is 6. The number of hydrogen-bond donors (Lipinski definition) is 3. The molecule has 3 N–H and O–H groups in total. The zero-order valence-electron chi connectivity index (χ0n) is 19.0. The predicted molar refractivity (Wildman–Crippen MR) is 116 cm³/mol. The van der Waals surface area contributed by atoms with Crippen molar-refractivity contribution < 1.29 is 42.1 Å². The molecule has 0 aliphatic heterocycles. The van der Waals surface area contributed by atoms with Crippen LogP contribution < -0.4 is 5.32 Å². The summed E-state index contributed by atoms with van der Waals surface area (Å²) in [5.74, 6) is -1.69. The van der Waals surface area contributed by atoms with Gasteiger partial charge in [0, 0.05) is 5.56 Å². The lowest BCUT2D eigenvalue weighted by Gasteiger charge is -2.29. The highest BCUT2D eigenvalue weighted by atomic mass is 19.4. The summed E-state index contributed by atoms with van der Waals surface area (Å²) in [5.41, 5.74) is 3.02. The van der Waals surface area contributed by atoms with Gasteiger partial charge in [-0.2, -0.15) is 13.2 Å². The highest BCUT2D eigenvalue weighted by Crippen LogP contribution is 2.28. The minimum atomic E-state index is -5.08. The number of aryl methyl sites for hydroxylation is 2. The van der Waals surface area contributed by atoms with Crippen LogP contribution in [-0.4, -0.2) is 52.5 Å². The molecule has 1 aliphatic carbocycles. The van der Waals surface area contributed by atoms with E-state index in [0.29, 0.717) is 18.4 Å². The van der Waals surface area contributed by atoms with Crippen LogP contribution >= 0.6 is 0 Å². The van der Waals surface area contributed by atoms with E-state index >= 15 is 0 Å². The Bertz CT molecular complexity index is 943. The van der Waals surface area contributed by atoms with Crippen LogP contribution in [-0.2, 0) is 20.9 Å². The quantitative estimate of drug-likeness (QED) is 0.504. The molecule has 2 unspecified atom stereocenters. The molecule has 0 amide bonds. The van der Waals surface area contributed by atoms with E-state index in [1.54, 1.807) is 0 Å². The Kier molecular flexibility index (Phi) is 10.1. The Hall–Kier alpha value is -2.92. The molecule has 1 aromatic carbocycles. The molecule has 2 aromatic rings. The summed E-state index contributed by atoms with van der Waals surface area (Å²) in [4.78, 5) is 24.1. The van der Waals surface area contributed by atoms with Crippen molar-refractivity contribution in [2.45, 2.75) is 58.4 Å². The van der Waals surface area contributed by atoms with Gasteiger partial charge in [-0.1, -0.05) is 24.1 Å². The average Bonchev–Trinajstić information content (AvgIpc) is 3.13. The molecule has 11 heteroatoms. The maximum Gasteiger partial charge on any atom is 0.490 e. The maximum atomic E-state index is 10.6. The largest absolute Gasteiger partial charge is 0.490 e. The van der Waals surface area contributed by atoms with Crippen LogP contribution in [0.3, 0.4) is 0 Å². The lowest BCUT2D eigenvalue weighted by Crippen LogP contribution is -2.33. The van der Waals surface area contributed by atoms with E-state index in [4.69, 9.17) is 24.2 Å². The Morgan fingerprint density at radius 1 is 1.18 bits per heavy atom. The van der Waals surface area contributed by atoms with E-state index in [-0.39, 0.29) is 12.6 Å². The molecule has 1 aliphatic rings. The number of nitrogens with zero attached hydrogens (tertiary/aromatic N) is 1. The number of carbonyl (C=O) groups is 2. The fourth-order valence-electron chi connectivity index (χ4n) is 3.54. The van der Waals surface area contributed by atoms with E-state index in [9.17, 15) is 18.0 Å². The number of oxazole rings is 1. The number of carboxylic acids is 2. The first-order valence-electron chi connectivity index (χ1n) is 10.8. The van der Waals surface area contributed by atoms with Crippen molar-refractivity contribution in [1.29, 1.82) is 0 Å². The van der Waals surface area contributed by atoms with Crippen LogP contribution in [0.15, 0.2) is 28.7 Å². The first-order chi connectivity index (χ1) is 16.0. The molecule has 0 spiro atoms. The fraction of sp³-hybridized carbons (Fsp3) is 0.522. The molecule has 8 nitrogen and oxygen atoms in total. The Morgan fingerprint density at radius 3 is 2.41 bits per heavy atom. The van der Waals surface area contributed by atoms with E-state index < -0.39 is 18.1 Å². The molecular weight excluding hydrogens is 457 g/mol. The second-order valence-corrected chi connectivity index (χ2v) is 8.18. The summed E-state index contributed by atoms with van der Waals surface area (Å²) in [6.07, 6.45) is -0.677. The number of rotatable bonds is 8. The van der Waals surface area contributed by atoms with Gasteiger partial charge in [0.1, 0.15) is 11.5 Å². The number of carboxylic acid groups (broad SMARTS) is 2. The molecule has 34 heavy (non-hydrogen) atoms. The number of halogens is 3. The molecule has 0 bridgehead atoms. The third kappa shape index (κ3) is 9.14. The lowest BCUT2D eigenvalue weighted by atomic mass is 9.87. The number of alkyl halides is 3. The summed E-state index contributed by atoms with van der Waals surface area (Å²) in [6, 6.07) is 8.12. The predicted octanol–water partition coefficient (Wildman–Crippen LogP) is 4.34. The minimum Gasteiger partial charge on any atom is -0.480 e. The number of benzene rings is 1. The third-order valence-electron chi connectivity index (χ3n) is 5.33. The highest BCUT2D eigenvalue weighted by Gasteiger charge is 2.38. The van der Waals surface area contributed by atoms with Crippen molar-refractivity contribution in [3.05, 3.63) is 41.3 Å². The van der Waals surface area contributed by atoms with Crippen LogP contribution in [0.1, 0.15) is 42.7 Å².